The maximum Gasteiger partial charge on any atom is 0.316 e. The fourth-order valence-electron chi connectivity index (χ4n) is 0.252. The summed E-state index contributed by atoms with van der Waals surface area (Å²) < 4.78 is 4.53. The molecule has 0 bridgehead atoms. The van der Waals surface area contributed by atoms with Gasteiger partial charge in [0, 0.05) is 6.61 Å². The summed E-state index contributed by atoms with van der Waals surface area (Å²) in [5.74, 6) is -0.252. The molecule has 0 saturated heterocycles. The molecule has 0 amide bonds. The van der Waals surface area contributed by atoms with Crippen LogP contribution in [0.3, 0.4) is 0 Å². The zero-order chi connectivity index (χ0) is 10.2. The van der Waals surface area contributed by atoms with Crippen LogP contribution in [0.5, 0.6) is 0 Å². The fourth-order valence-corrected chi connectivity index (χ4v) is 0.252. The minimum Gasteiger partial charge on any atom is -0.435 e. The van der Waals surface area contributed by atoms with Gasteiger partial charge in [0.1, 0.15) is 0 Å². The lowest BCUT2D eigenvalue weighted by Crippen LogP contribution is -2.20. The molecule has 0 aliphatic rings. The minimum atomic E-state index is -0.422. The van der Waals surface area contributed by atoms with Gasteiger partial charge in [-0.2, -0.15) is 0 Å². The third-order valence-corrected chi connectivity index (χ3v) is 0.803. The Bertz CT molecular complexity index is 133. The molecule has 0 unspecified atom stereocenters. The van der Waals surface area contributed by atoms with Gasteiger partial charge in [-0.05, 0) is 27.7 Å². The van der Waals surface area contributed by atoms with Gasteiger partial charge in [0.15, 0.2) is 0 Å². The molecule has 0 aliphatic heterocycles. The first-order chi connectivity index (χ1) is 5.40. The van der Waals surface area contributed by atoms with Crippen LogP contribution in [0.2, 0.25) is 0 Å². The van der Waals surface area contributed by atoms with Crippen molar-refractivity contribution in [3.8, 4) is 0 Å². The molecule has 72 valence electrons. The van der Waals surface area contributed by atoms with Crippen molar-refractivity contribution < 1.29 is 14.6 Å². The number of aliphatic hydroxyl groups is 1. The van der Waals surface area contributed by atoms with Gasteiger partial charge in [0.2, 0.25) is 0 Å². The van der Waals surface area contributed by atoms with E-state index < -0.39 is 5.41 Å². The molecule has 0 radical (unpaired) electrons. The zero-order valence-corrected chi connectivity index (χ0v) is 8.26. The van der Waals surface area contributed by atoms with Crippen molar-refractivity contribution in [1.82, 2.24) is 0 Å². The largest absolute Gasteiger partial charge is 0.435 e. The maximum atomic E-state index is 10.8. The number of carbonyl (C=O) groups excluding carboxylic acids is 1. The van der Waals surface area contributed by atoms with Crippen molar-refractivity contribution in [2.24, 2.45) is 5.41 Å². The number of esters is 1. The van der Waals surface area contributed by atoms with Gasteiger partial charge in [0.25, 0.3) is 0 Å². The van der Waals surface area contributed by atoms with Crippen LogP contribution in [-0.2, 0) is 9.53 Å². The summed E-state index contributed by atoms with van der Waals surface area (Å²) in [5, 5.41) is 7.57. The van der Waals surface area contributed by atoms with Crippen molar-refractivity contribution in [3.05, 3.63) is 12.8 Å². The number of aliphatic hydroxyl groups excluding tert-OH is 1. The summed E-state index contributed by atoms with van der Waals surface area (Å²) >= 11 is 0. The van der Waals surface area contributed by atoms with Crippen molar-refractivity contribution in [3.63, 3.8) is 0 Å². The number of ether oxygens (including phenoxy) is 1. The van der Waals surface area contributed by atoms with E-state index in [1.807, 2.05) is 0 Å². The second kappa shape index (κ2) is 6.85. The van der Waals surface area contributed by atoms with Gasteiger partial charge in [-0.15, -0.1) is 0 Å². The molecule has 0 saturated carbocycles. The summed E-state index contributed by atoms with van der Waals surface area (Å²) in [6.07, 6.45) is 1.15. The quantitative estimate of drug-likeness (QED) is 0.486. The highest BCUT2D eigenvalue weighted by Crippen LogP contribution is 2.14. The standard InChI is InChI=1S/C7H12O2.C2H6O/c1-5-9-6(8)7(2,3)4;1-2-3/h5H,1H2,2-4H3;3H,2H2,1H3. The highest BCUT2D eigenvalue weighted by Gasteiger charge is 2.21. The Morgan fingerprint density at radius 1 is 1.58 bits per heavy atom. The summed E-state index contributed by atoms with van der Waals surface area (Å²) in [5.41, 5.74) is -0.422. The van der Waals surface area contributed by atoms with Crippen LogP contribution < -0.4 is 0 Å². The predicted molar refractivity (Wildman–Crippen MR) is 48.5 cm³/mol. The van der Waals surface area contributed by atoms with Gasteiger partial charge < -0.3 is 9.84 Å². The first-order valence-electron chi connectivity index (χ1n) is 3.83. The van der Waals surface area contributed by atoms with Crippen LogP contribution in [-0.4, -0.2) is 17.7 Å². The maximum absolute atomic E-state index is 10.8. The lowest BCUT2D eigenvalue weighted by molar-refractivity contribution is -0.146. The Morgan fingerprint density at radius 2 is 1.92 bits per heavy atom. The second-order valence-corrected chi connectivity index (χ2v) is 3.14. The lowest BCUT2D eigenvalue weighted by atomic mass is 9.98. The van der Waals surface area contributed by atoms with Crippen molar-refractivity contribution in [1.29, 1.82) is 0 Å². The molecular formula is C9H18O3. The molecule has 0 aliphatic carbocycles. The predicted octanol–water partition coefficient (Wildman–Crippen LogP) is 1.72. The highest BCUT2D eigenvalue weighted by atomic mass is 16.5. The Hall–Kier alpha value is -0.830. The van der Waals surface area contributed by atoms with Crippen LogP contribution in [0.1, 0.15) is 27.7 Å². The van der Waals surface area contributed by atoms with E-state index in [2.05, 4.69) is 11.3 Å². The third-order valence-electron chi connectivity index (χ3n) is 0.803. The molecule has 0 aromatic heterocycles. The van der Waals surface area contributed by atoms with E-state index in [0.29, 0.717) is 0 Å². The molecule has 0 rings (SSSR count). The number of rotatable bonds is 1. The molecule has 0 aromatic carbocycles. The van der Waals surface area contributed by atoms with Crippen molar-refractivity contribution >= 4 is 5.97 Å². The van der Waals surface area contributed by atoms with Gasteiger partial charge >= 0.3 is 5.97 Å². The van der Waals surface area contributed by atoms with Crippen molar-refractivity contribution in [2.45, 2.75) is 27.7 Å². The third kappa shape index (κ3) is 9.17. The normalized spacial score (nSPS) is 9.42. The number of hydrogen-bond acceptors (Lipinski definition) is 3. The molecule has 0 fully saturated rings. The Labute approximate surface area is 74.0 Å². The molecule has 0 atom stereocenters. The first-order valence-corrected chi connectivity index (χ1v) is 3.83. The second-order valence-electron chi connectivity index (χ2n) is 3.14. The van der Waals surface area contributed by atoms with Gasteiger partial charge in [0.05, 0.1) is 11.7 Å². The zero-order valence-electron chi connectivity index (χ0n) is 8.26. The lowest BCUT2D eigenvalue weighted by Gasteiger charge is -2.13. The average Bonchev–Trinajstić information content (AvgIpc) is 1.88. The molecule has 0 spiro atoms. The molecule has 0 aromatic rings. The smallest absolute Gasteiger partial charge is 0.316 e. The van der Waals surface area contributed by atoms with Gasteiger partial charge in [-0.3, -0.25) is 4.79 Å². The van der Waals surface area contributed by atoms with E-state index in [0.717, 1.165) is 6.26 Å². The Balaban J connectivity index is 0. The van der Waals surface area contributed by atoms with Crippen molar-refractivity contribution in [2.75, 3.05) is 6.61 Å². The van der Waals surface area contributed by atoms with Crippen LogP contribution in [0, 0.1) is 5.41 Å². The Kier molecular flexibility index (Phi) is 7.85. The summed E-state index contributed by atoms with van der Waals surface area (Å²) in [6, 6.07) is 0. The molecule has 0 heterocycles. The van der Waals surface area contributed by atoms with Gasteiger partial charge in [-0.1, -0.05) is 6.58 Å². The van der Waals surface area contributed by atoms with E-state index >= 15 is 0 Å². The van der Waals surface area contributed by atoms with Gasteiger partial charge in [-0.25, -0.2) is 0 Å². The SMILES string of the molecule is C=COC(=O)C(C)(C)C.CCO. The van der Waals surface area contributed by atoms with Crippen LogP contribution >= 0.6 is 0 Å². The average molecular weight is 174 g/mol. The number of carbonyl (C=O) groups is 1. The first kappa shape index (κ1) is 13.7. The van der Waals surface area contributed by atoms with Crippen LogP contribution in [0.25, 0.3) is 0 Å². The fraction of sp³-hybridized carbons (Fsp3) is 0.667. The van der Waals surface area contributed by atoms with Crippen LogP contribution in [0.15, 0.2) is 12.8 Å². The van der Waals surface area contributed by atoms with Crippen LogP contribution in [0.4, 0.5) is 0 Å². The Morgan fingerprint density at radius 3 is 2.00 bits per heavy atom. The minimum absolute atomic E-state index is 0.250. The highest BCUT2D eigenvalue weighted by molar-refractivity contribution is 5.75. The molecule has 3 heteroatoms. The van der Waals surface area contributed by atoms with E-state index in [4.69, 9.17) is 5.11 Å². The van der Waals surface area contributed by atoms with E-state index in [-0.39, 0.29) is 12.6 Å². The summed E-state index contributed by atoms with van der Waals surface area (Å²) in [7, 11) is 0. The topological polar surface area (TPSA) is 46.5 Å². The molecule has 3 nitrogen and oxygen atoms in total. The number of hydrogen-bond donors (Lipinski definition) is 1. The van der Waals surface area contributed by atoms with E-state index in [1.54, 1.807) is 27.7 Å². The summed E-state index contributed by atoms with van der Waals surface area (Å²) in [6.45, 7) is 10.6. The van der Waals surface area contributed by atoms with E-state index in [9.17, 15) is 4.79 Å². The molecular weight excluding hydrogens is 156 g/mol. The molecule has 12 heavy (non-hydrogen) atoms. The monoisotopic (exact) mass is 174 g/mol. The van der Waals surface area contributed by atoms with E-state index in [1.165, 1.54) is 0 Å². The molecule has 1 N–H and O–H groups in total. The summed E-state index contributed by atoms with van der Waals surface area (Å²) in [4.78, 5) is 10.8.